The van der Waals surface area contributed by atoms with Gasteiger partial charge in [0.2, 0.25) is 0 Å². The van der Waals surface area contributed by atoms with E-state index in [2.05, 4.69) is 18.8 Å². The second kappa shape index (κ2) is 7.47. The number of halogens is 2. The van der Waals surface area contributed by atoms with E-state index in [0.29, 0.717) is 18.8 Å². The maximum atomic E-state index is 12.8. The van der Waals surface area contributed by atoms with Crippen molar-refractivity contribution < 1.29 is 4.79 Å². The number of hydrogen-bond acceptors (Lipinski definition) is 3. The van der Waals surface area contributed by atoms with Crippen LogP contribution in [-0.4, -0.2) is 34.9 Å². The fourth-order valence-corrected chi connectivity index (χ4v) is 2.99. The molecule has 2 aromatic rings. The predicted molar refractivity (Wildman–Crippen MR) is 98.5 cm³/mol. The Balaban J connectivity index is 0.00000132. The van der Waals surface area contributed by atoms with Crippen LogP contribution in [0.25, 0.3) is 10.8 Å². The molecule has 0 bridgehead atoms. The number of nitrogens with zero attached hydrogens (tertiary/aromatic N) is 2. The fourth-order valence-electron chi connectivity index (χ4n) is 2.99. The lowest BCUT2D eigenvalue weighted by molar-refractivity contribution is 0.0529. The Morgan fingerprint density at radius 3 is 2.65 bits per heavy atom. The minimum absolute atomic E-state index is 0. The lowest BCUT2D eigenvalue weighted by Gasteiger charge is -2.42. The molecule has 0 spiro atoms. The number of carbonyl (C=O) groups excluding carboxylic acids is 1. The molecule has 6 heteroatoms. The lowest BCUT2D eigenvalue weighted by Crippen LogP contribution is -2.54. The van der Waals surface area contributed by atoms with E-state index in [1.807, 2.05) is 35.2 Å². The Kier molecular flexibility index (Phi) is 6.40. The first-order valence-electron chi connectivity index (χ1n) is 7.38. The molecule has 0 aliphatic carbocycles. The number of pyridine rings is 1. The molecule has 2 heterocycles. The summed E-state index contributed by atoms with van der Waals surface area (Å²) in [5, 5.41) is 1.96. The third-order valence-corrected chi connectivity index (χ3v) is 4.48. The van der Waals surface area contributed by atoms with Gasteiger partial charge in [-0.2, -0.15) is 0 Å². The Morgan fingerprint density at radius 1 is 1.26 bits per heavy atom. The van der Waals surface area contributed by atoms with Crippen LogP contribution in [0, 0.1) is 5.41 Å². The number of fused-ring (bicyclic) bond motifs is 1. The van der Waals surface area contributed by atoms with Crippen LogP contribution in [0.2, 0.25) is 0 Å². The van der Waals surface area contributed by atoms with Gasteiger partial charge in [0.1, 0.15) is 5.69 Å². The summed E-state index contributed by atoms with van der Waals surface area (Å²) in [6.07, 6.45) is 2.54. The van der Waals surface area contributed by atoms with Crippen molar-refractivity contribution >= 4 is 41.5 Å². The molecular weight excluding hydrogens is 333 g/mol. The Bertz CT molecular complexity index is 685. The van der Waals surface area contributed by atoms with Crippen molar-refractivity contribution in [2.24, 2.45) is 11.1 Å². The van der Waals surface area contributed by atoms with Gasteiger partial charge in [0.15, 0.2) is 0 Å². The van der Waals surface area contributed by atoms with E-state index in [4.69, 9.17) is 5.73 Å². The number of rotatable bonds is 1. The minimum atomic E-state index is -0.0570. The summed E-state index contributed by atoms with van der Waals surface area (Å²) < 4.78 is 0. The van der Waals surface area contributed by atoms with E-state index in [0.717, 1.165) is 17.2 Å². The number of piperidine rings is 1. The molecule has 1 atom stereocenters. The highest BCUT2D eigenvalue weighted by Crippen LogP contribution is 2.29. The lowest BCUT2D eigenvalue weighted by atomic mass is 9.79. The van der Waals surface area contributed by atoms with Gasteiger partial charge >= 0.3 is 0 Å². The third-order valence-electron chi connectivity index (χ3n) is 4.48. The first-order valence-corrected chi connectivity index (χ1v) is 7.38. The Morgan fingerprint density at radius 2 is 1.96 bits per heavy atom. The van der Waals surface area contributed by atoms with Crippen LogP contribution in [0.5, 0.6) is 0 Å². The molecular formula is C17H23Cl2N3O. The van der Waals surface area contributed by atoms with Gasteiger partial charge in [0.05, 0.1) is 0 Å². The zero-order valence-electron chi connectivity index (χ0n) is 13.4. The van der Waals surface area contributed by atoms with Crippen LogP contribution in [0.4, 0.5) is 0 Å². The number of benzene rings is 1. The average Bonchev–Trinajstić information content (AvgIpc) is 2.48. The van der Waals surface area contributed by atoms with Crippen LogP contribution < -0.4 is 5.73 Å². The van der Waals surface area contributed by atoms with E-state index in [9.17, 15) is 4.79 Å². The van der Waals surface area contributed by atoms with E-state index in [-0.39, 0.29) is 42.2 Å². The first-order chi connectivity index (χ1) is 9.99. The van der Waals surface area contributed by atoms with E-state index < -0.39 is 0 Å². The van der Waals surface area contributed by atoms with Gasteiger partial charge in [-0.3, -0.25) is 9.78 Å². The molecule has 4 nitrogen and oxygen atoms in total. The van der Waals surface area contributed by atoms with Crippen LogP contribution in [0.15, 0.2) is 36.5 Å². The van der Waals surface area contributed by atoms with Gasteiger partial charge in [-0.1, -0.05) is 38.1 Å². The molecule has 1 amide bonds. The number of likely N-dealkylation sites (tertiary alicyclic amines) is 1. The maximum Gasteiger partial charge on any atom is 0.273 e. The van der Waals surface area contributed by atoms with Crippen molar-refractivity contribution in [2.45, 2.75) is 26.3 Å². The molecule has 1 aromatic heterocycles. The van der Waals surface area contributed by atoms with E-state index >= 15 is 0 Å². The average molecular weight is 356 g/mol. The van der Waals surface area contributed by atoms with Gasteiger partial charge in [0.25, 0.3) is 5.91 Å². The number of aromatic nitrogens is 1. The summed E-state index contributed by atoms with van der Waals surface area (Å²) >= 11 is 0. The van der Waals surface area contributed by atoms with Crippen molar-refractivity contribution in [3.05, 3.63) is 42.2 Å². The number of nitrogens with two attached hydrogens (primary N) is 1. The second-order valence-electron chi connectivity index (χ2n) is 6.49. The third kappa shape index (κ3) is 3.77. The van der Waals surface area contributed by atoms with Gasteiger partial charge in [-0.15, -0.1) is 24.8 Å². The monoisotopic (exact) mass is 355 g/mol. The van der Waals surface area contributed by atoms with Gasteiger partial charge < -0.3 is 10.6 Å². The molecule has 23 heavy (non-hydrogen) atoms. The van der Waals surface area contributed by atoms with Crippen molar-refractivity contribution in [3.8, 4) is 0 Å². The highest BCUT2D eigenvalue weighted by molar-refractivity contribution is 6.05. The molecule has 1 aromatic carbocycles. The van der Waals surface area contributed by atoms with Gasteiger partial charge in [0, 0.05) is 30.7 Å². The standard InChI is InChI=1S/C17H21N3O.2ClH/c1-17(2)11-20(10-8-14(17)18)16(21)15-13-6-4-3-5-12(13)7-9-19-15;;/h3-7,9,14H,8,10-11,18H2,1-2H3;2*1H. The van der Waals surface area contributed by atoms with Crippen LogP contribution >= 0.6 is 24.8 Å². The predicted octanol–water partition coefficient (Wildman–Crippen LogP) is 3.28. The highest BCUT2D eigenvalue weighted by atomic mass is 35.5. The molecule has 1 aliphatic rings. The van der Waals surface area contributed by atoms with Gasteiger partial charge in [-0.05, 0) is 23.3 Å². The van der Waals surface area contributed by atoms with Gasteiger partial charge in [-0.25, -0.2) is 0 Å². The summed E-state index contributed by atoms with van der Waals surface area (Å²) in [5.74, 6) is 0.00627. The number of hydrogen-bond donors (Lipinski definition) is 1. The molecule has 1 saturated heterocycles. The van der Waals surface area contributed by atoms with Crippen LogP contribution in [-0.2, 0) is 0 Å². The molecule has 1 unspecified atom stereocenters. The summed E-state index contributed by atoms with van der Waals surface area (Å²) in [5.41, 5.74) is 6.63. The summed E-state index contributed by atoms with van der Waals surface area (Å²) in [6.45, 7) is 5.62. The zero-order valence-corrected chi connectivity index (χ0v) is 15.0. The quantitative estimate of drug-likeness (QED) is 0.853. The topological polar surface area (TPSA) is 59.2 Å². The maximum absolute atomic E-state index is 12.8. The molecule has 126 valence electrons. The zero-order chi connectivity index (χ0) is 15.0. The number of carbonyl (C=O) groups is 1. The molecule has 2 N–H and O–H groups in total. The Labute approximate surface area is 149 Å². The molecule has 0 saturated carbocycles. The van der Waals surface area contributed by atoms with Crippen molar-refractivity contribution in [1.29, 1.82) is 0 Å². The smallest absolute Gasteiger partial charge is 0.273 e. The van der Waals surface area contributed by atoms with Crippen molar-refractivity contribution in [2.75, 3.05) is 13.1 Å². The molecule has 1 aliphatic heterocycles. The number of amides is 1. The summed E-state index contributed by atoms with van der Waals surface area (Å²) in [6, 6.07) is 9.95. The minimum Gasteiger partial charge on any atom is -0.337 e. The van der Waals surface area contributed by atoms with Crippen LogP contribution in [0.1, 0.15) is 30.8 Å². The first kappa shape index (κ1) is 19.7. The van der Waals surface area contributed by atoms with Crippen LogP contribution in [0.3, 0.4) is 0 Å². The fraction of sp³-hybridized carbons (Fsp3) is 0.412. The van der Waals surface area contributed by atoms with E-state index in [1.165, 1.54) is 0 Å². The molecule has 1 fully saturated rings. The summed E-state index contributed by atoms with van der Waals surface area (Å²) in [7, 11) is 0. The highest BCUT2D eigenvalue weighted by Gasteiger charge is 2.36. The van der Waals surface area contributed by atoms with Crippen molar-refractivity contribution in [3.63, 3.8) is 0 Å². The Hall–Kier alpha value is -1.36. The largest absolute Gasteiger partial charge is 0.337 e. The van der Waals surface area contributed by atoms with E-state index in [1.54, 1.807) is 6.20 Å². The normalized spacial score (nSPS) is 19.6. The molecule has 0 radical (unpaired) electrons. The summed E-state index contributed by atoms with van der Waals surface area (Å²) in [4.78, 5) is 19.0. The second-order valence-corrected chi connectivity index (χ2v) is 6.49. The molecule has 3 rings (SSSR count). The van der Waals surface area contributed by atoms with Crippen molar-refractivity contribution in [1.82, 2.24) is 9.88 Å². The SMILES string of the molecule is CC1(C)CN(C(=O)c2nccc3ccccc23)CCC1N.Cl.Cl.